The highest BCUT2D eigenvalue weighted by atomic mass is 14.6. The minimum Gasteiger partial charge on any atom is -0.0654 e. The van der Waals surface area contributed by atoms with E-state index in [0.717, 1.165) is 41.9 Å². The van der Waals surface area contributed by atoms with Crippen LogP contribution >= 0.6 is 0 Å². The van der Waals surface area contributed by atoms with Crippen molar-refractivity contribution in [1.82, 2.24) is 0 Å². The second kappa shape index (κ2) is 5.31. The molecular weight excluding hydrogens is 251 g/mol. The summed E-state index contributed by atoms with van der Waals surface area (Å²) in [5.41, 5.74) is 0.681. The van der Waals surface area contributed by atoms with Gasteiger partial charge in [-0.05, 0) is 29.6 Å². The summed E-state index contributed by atoms with van der Waals surface area (Å²) < 4.78 is 0. The Morgan fingerprint density at radius 3 is 2.10 bits per heavy atom. The summed E-state index contributed by atoms with van der Waals surface area (Å²) in [5, 5.41) is 0. The minimum absolute atomic E-state index is 0.681. The first-order valence-electron chi connectivity index (χ1n) is 10.1. The molecule has 1 heteroatoms. The fraction of sp³-hybridized carbons (Fsp3) is 1.00. The average Bonchev–Trinajstić information content (AvgIpc) is 2.46. The Bertz CT molecular complexity index is 365. The van der Waals surface area contributed by atoms with Gasteiger partial charge in [0.1, 0.15) is 6.71 Å². The van der Waals surface area contributed by atoms with Crippen molar-refractivity contribution >= 4 is 6.71 Å². The van der Waals surface area contributed by atoms with Gasteiger partial charge in [-0.1, -0.05) is 96.0 Å². The molecule has 5 aliphatic rings. The van der Waals surface area contributed by atoms with Crippen LogP contribution in [-0.4, -0.2) is 6.71 Å². The zero-order valence-electron chi connectivity index (χ0n) is 14.6. The van der Waals surface area contributed by atoms with E-state index < -0.39 is 0 Å². The van der Waals surface area contributed by atoms with Gasteiger partial charge in [-0.15, -0.1) is 0 Å². The van der Waals surface area contributed by atoms with Gasteiger partial charge in [0.05, 0.1) is 0 Å². The SMILES string of the molecule is CCC[C@H]1[C@H](B2C3CCCC2CCC3)C[C@H]2C[C@@H]1C2(C)C. The highest BCUT2D eigenvalue weighted by molar-refractivity contribution is 6.64. The molecule has 2 aliphatic heterocycles. The quantitative estimate of drug-likeness (QED) is 0.523. The number of hydrogen-bond donors (Lipinski definition) is 0. The molecule has 21 heavy (non-hydrogen) atoms. The molecule has 3 aliphatic carbocycles. The Balaban J connectivity index is 1.59. The summed E-state index contributed by atoms with van der Waals surface area (Å²) in [7, 11) is 0. The summed E-state index contributed by atoms with van der Waals surface area (Å²) >= 11 is 0. The van der Waals surface area contributed by atoms with E-state index in [1.165, 1.54) is 12.8 Å². The number of rotatable bonds is 3. The van der Waals surface area contributed by atoms with Crippen LogP contribution in [0.2, 0.25) is 17.5 Å². The Labute approximate surface area is 132 Å². The molecule has 3 saturated carbocycles. The molecule has 2 saturated heterocycles. The summed E-state index contributed by atoms with van der Waals surface area (Å²) in [6.45, 7) is 8.75. The molecule has 0 aromatic heterocycles. The second-order valence-electron chi connectivity index (χ2n) is 9.67. The van der Waals surface area contributed by atoms with E-state index >= 15 is 0 Å². The van der Waals surface area contributed by atoms with Gasteiger partial charge < -0.3 is 0 Å². The molecular formula is C20H35B. The van der Waals surface area contributed by atoms with Crippen LogP contribution in [0.5, 0.6) is 0 Å². The maximum atomic E-state index is 2.59. The molecule has 0 nitrogen and oxygen atoms in total. The predicted octanol–water partition coefficient (Wildman–Crippen LogP) is 6.44. The lowest BCUT2D eigenvalue weighted by Crippen LogP contribution is -2.58. The largest absolute Gasteiger partial charge is 0.149 e. The van der Waals surface area contributed by atoms with Gasteiger partial charge in [0.15, 0.2) is 0 Å². The first-order valence-corrected chi connectivity index (χ1v) is 10.1. The lowest BCUT2D eigenvalue weighted by atomic mass is 9.18. The van der Waals surface area contributed by atoms with Crippen LogP contribution < -0.4 is 0 Å². The van der Waals surface area contributed by atoms with Crippen molar-refractivity contribution in [1.29, 1.82) is 0 Å². The summed E-state index contributed by atoms with van der Waals surface area (Å²) in [4.78, 5) is 0. The van der Waals surface area contributed by atoms with Crippen LogP contribution in [0.1, 0.15) is 85.0 Å². The summed E-state index contributed by atoms with van der Waals surface area (Å²) in [5.74, 6) is 6.61. The van der Waals surface area contributed by atoms with Crippen LogP contribution in [0.3, 0.4) is 0 Å². The lowest BCUT2D eigenvalue weighted by molar-refractivity contribution is -0.107. The van der Waals surface area contributed by atoms with E-state index in [1.807, 2.05) is 0 Å². The standard InChI is InChI=1S/C20H35B/c1-4-7-17-18-12-14(20(18,2)3)13-19(17)21-15-8-5-9-16(21)11-6-10-15/h14-19H,4-13H2,1-3H3/t14-,15?,16?,17-,18+,19-/m1/s1. The predicted molar refractivity (Wildman–Crippen MR) is 93.1 cm³/mol. The van der Waals surface area contributed by atoms with Crippen LogP contribution in [0.15, 0.2) is 0 Å². The van der Waals surface area contributed by atoms with Crippen LogP contribution in [0.25, 0.3) is 0 Å². The smallest absolute Gasteiger partial charge is 0.0654 e. The maximum absolute atomic E-state index is 2.59. The zero-order valence-corrected chi connectivity index (χ0v) is 14.6. The highest BCUT2D eigenvalue weighted by Gasteiger charge is 2.60. The molecule has 4 bridgehead atoms. The Morgan fingerprint density at radius 2 is 1.57 bits per heavy atom. The third kappa shape index (κ3) is 2.16. The van der Waals surface area contributed by atoms with Crippen molar-refractivity contribution in [2.45, 2.75) is 102 Å². The fourth-order valence-electron chi connectivity index (χ4n) is 7.60. The molecule has 0 aromatic carbocycles. The molecule has 5 rings (SSSR count). The molecule has 4 atom stereocenters. The summed E-state index contributed by atoms with van der Waals surface area (Å²) in [6.07, 6.45) is 15.5. The van der Waals surface area contributed by atoms with Crippen molar-refractivity contribution in [3.05, 3.63) is 0 Å². The van der Waals surface area contributed by atoms with Gasteiger partial charge in [-0.25, -0.2) is 0 Å². The Kier molecular flexibility index (Phi) is 3.70. The van der Waals surface area contributed by atoms with Crippen LogP contribution in [0, 0.1) is 23.2 Å². The van der Waals surface area contributed by atoms with Gasteiger partial charge in [-0.3, -0.25) is 0 Å². The topological polar surface area (TPSA) is 0 Å². The third-order valence-corrected chi connectivity index (χ3v) is 8.67. The van der Waals surface area contributed by atoms with Gasteiger partial charge in [0, 0.05) is 0 Å². The van der Waals surface area contributed by atoms with E-state index in [9.17, 15) is 0 Å². The fourth-order valence-corrected chi connectivity index (χ4v) is 7.60. The van der Waals surface area contributed by atoms with E-state index in [4.69, 9.17) is 0 Å². The lowest BCUT2D eigenvalue weighted by Gasteiger charge is -2.65. The van der Waals surface area contributed by atoms with E-state index in [2.05, 4.69) is 20.8 Å². The van der Waals surface area contributed by atoms with Crippen LogP contribution in [0.4, 0.5) is 0 Å². The molecule has 0 N–H and O–H groups in total. The molecule has 5 fully saturated rings. The Morgan fingerprint density at radius 1 is 0.952 bits per heavy atom. The van der Waals surface area contributed by atoms with E-state index in [-0.39, 0.29) is 0 Å². The van der Waals surface area contributed by atoms with Gasteiger partial charge >= 0.3 is 0 Å². The number of hydrogen-bond acceptors (Lipinski definition) is 0. The number of fused-ring (bicyclic) bond motifs is 5. The second-order valence-corrected chi connectivity index (χ2v) is 9.67. The van der Waals surface area contributed by atoms with E-state index in [1.54, 1.807) is 51.4 Å². The zero-order chi connectivity index (χ0) is 14.6. The average molecular weight is 286 g/mol. The van der Waals surface area contributed by atoms with Crippen LogP contribution in [-0.2, 0) is 0 Å². The molecule has 0 amide bonds. The normalized spacial score (nSPS) is 47.9. The molecule has 0 aromatic rings. The molecule has 0 unspecified atom stereocenters. The third-order valence-electron chi connectivity index (χ3n) is 8.67. The molecule has 0 spiro atoms. The first-order chi connectivity index (χ1) is 10.1. The molecule has 118 valence electrons. The van der Waals surface area contributed by atoms with Crippen molar-refractivity contribution in [3.63, 3.8) is 0 Å². The first kappa shape index (κ1) is 14.6. The minimum atomic E-state index is 0.681. The van der Waals surface area contributed by atoms with Gasteiger partial charge in [0.2, 0.25) is 0 Å². The van der Waals surface area contributed by atoms with E-state index in [0.29, 0.717) is 5.41 Å². The van der Waals surface area contributed by atoms with Crippen molar-refractivity contribution < 1.29 is 0 Å². The molecule has 0 radical (unpaired) electrons. The van der Waals surface area contributed by atoms with Gasteiger partial charge in [0.25, 0.3) is 0 Å². The monoisotopic (exact) mass is 286 g/mol. The Hall–Kier alpha value is 0.0649. The molecule has 2 heterocycles. The summed E-state index contributed by atoms with van der Waals surface area (Å²) in [6, 6.07) is 0. The van der Waals surface area contributed by atoms with Crippen molar-refractivity contribution in [2.75, 3.05) is 0 Å². The highest BCUT2D eigenvalue weighted by Crippen LogP contribution is 2.68. The van der Waals surface area contributed by atoms with Crippen molar-refractivity contribution in [2.24, 2.45) is 23.2 Å². The van der Waals surface area contributed by atoms with Gasteiger partial charge in [-0.2, -0.15) is 0 Å². The maximum Gasteiger partial charge on any atom is 0.149 e. The van der Waals surface area contributed by atoms with Crippen molar-refractivity contribution in [3.8, 4) is 0 Å².